The number of rotatable bonds is 2. The van der Waals surface area contributed by atoms with Crippen molar-refractivity contribution in [2.75, 3.05) is 5.73 Å². The van der Waals surface area contributed by atoms with Gasteiger partial charge in [-0.15, -0.1) is 0 Å². The second-order valence-corrected chi connectivity index (χ2v) is 3.65. The number of nitrogen functional groups attached to an aromatic ring is 1. The lowest BCUT2D eigenvalue weighted by Gasteiger charge is -2.04. The Morgan fingerprint density at radius 3 is 2.56 bits per heavy atom. The van der Waals surface area contributed by atoms with Crippen LogP contribution in [-0.4, -0.2) is 10.2 Å². The second kappa shape index (κ2) is 4.09. The van der Waals surface area contributed by atoms with Gasteiger partial charge in [0.05, 0.1) is 10.7 Å². The predicted molar refractivity (Wildman–Crippen MR) is 58.4 cm³/mol. The van der Waals surface area contributed by atoms with Gasteiger partial charge in [-0.2, -0.15) is 5.10 Å². The van der Waals surface area contributed by atoms with E-state index in [0.29, 0.717) is 17.1 Å². The molecule has 84 valence electrons. The Morgan fingerprint density at radius 1 is 1.31 bits per heavy atom. The molecule has 6 heteroatoms. The third kappa shape index (κ3) is 1.99. The molecule has 0 unspecified atom stereocenters. The van der Waals surface area contributed by atoms with Crippen LogP contribution >= 0.6 is 11.6 Å². The predicted octanol–water partition coefficient (Wildman–Crippen LogP) is 3.25. The topological polar surface area (TPSA) is 54.7 Å². The van der Waals surface area contributed by atoms with Crippen LogP contribution in [0.3, 0.4) is 0 Å². The third-order valence-electron chi connectivity index (χ3n) is 2.13. The Hall–Kier alpha value is -1.62. The number of nitrogens with zero attached hydrogens (tertiary/aromatic N) is 1. The van der Waals surface area contributed by atoms with Crippen molar-refractivity contribution in [3.05, 3.63) is 34.9 Å². The molecule has 0 aliphatic heterocycles. The van der Waals surface area contributed by atoms with Gasteiger partial charge in [0.15, 0.2) is 0 Å². The fourth-order valence-corrected chi connectivity index (χ4v) is 1.65. The maximum Gasteiger partial charge on any atom is 0.263 e. The second-order valence-electron chi connectivity index (χ2n) is 3.25. The summed E-state index contributed by atoms with van der Waals surface area (Å²) in [7, 11) is 0. The largest absolute Gasteiger partial charge is 0.382 e. The van der Waals surface area contributed by atoms with Crippen LogP contribution in [0.5, 0.6) is 0 Å². The number of nitrogens with two attached hydrogens (primary N) is 1. The molecule has 0 radical (unpaired) electrons. The van der Waals surface area contributed by atoms with E-state index in [1.807, 2.05) is 0 Å². The first-order valence-electron chi connectivity index (χ1n) is 4.47. The van der Waals surface area contributed by atoms with E-state index in [1.165, 1.54) is 18.2 Å². The van der Waals surface area contributed by atoms with Crippen LogP contribution in [0.1, 0.15) is 12.0 Å². The van der Waals surface area contributed by atoms with E-state index >= 15 is 0 Å². The van der Waals surface area contributed by atoms with Crippen molar-refractivity contribution in [2.45, 2.75) is 6.43 Å². The van der Waals surface area contributed by atoms with Crippen LogP contribution in [0.25, 0.3) is 11.3 Å². The minimum atomic E-state index is -2.53. The molecule has 0 saturated carbocycles. The van der Waals surface area contributed by atoms with Gasteiger partial charge in [0.25, 0.3) is 6.43 Å². The highest BCUT2D eigenvalue weighted by atomic mass is 35.5. The molecular weight excluding hydrogens is 236 g/mol. The molecule has 0 fully saturated rings. The fraction of sp³-hybridized carbons (Fsp3) is 0.100. The summed E-state index contributed by atoms with van der Waals surface area (Å²) in [6, 6.07) is 5.65. The van der Waals surface area contributed by atoms with Crippen molar-refractivity contribution < 1.29 is 8.78 Å². The highest BCUT2D eigenvalue weighted by Gasteiger charge is 2.11. The summed E-state index contributed by atoms with van der Waals surface area (Å²) < 4.78 is 24.8. The summed E-state index contributed by atoms with van der Waals surface area (Å²) >= 11 is 5.90. The molecule has 0 aliphatic carbocycles. The van der Waals surface area contributed by atoms with Crippen molar-refractivity contribution in [1.29, 1.82) is 0 Å². The monoisotopic (exact) mass is 243 g/mol. The molecule has 16 heavy (non-hydrogen) atoms. The molecule has 3 N–H and O–H groups in total. The summed E-state index contributed by atoms with van der Waals surface area (Å²) in [6.07, 6.45) is -2.53. The number of aromatic amines is 1. The smallest absolute Gasteiger partial charge is 0.263 e. The standard InChI is InChI=1S/C10H8ClF2N3/c11-7-3-5(10(12)13)1-2-6(7)8-4-9(14)16-15-8/h1-4,10H,(H3,14,15,16). The zero-order valence-corrected chi connectivity index (χ0v) is 8.80. The molecule has 0 bridgehead atoms. The Kier molecular flexibility index (Phi) is 2.78. The number of hydrogen-bond donors (Lipinski definition) is 2. The van der Waals surface area contributed by atoms with E-state index in [4.69, 9.17) is 17.3 Å². The molecule has 1 heterocycles. The van der Waals surface area contributed by atoms with Gasteiger partial charge in [-0.3, -0.25) is 5.10 Å². The Morgan fingerprint density at radius 2 is 2.06 bits per heavy atom. The van der Waals surface area contributed by atoms with Crippen molar-refractivity contribution in [3.63, 3.8) is 0 Å². The Labute approximate surface area is 95.2 Å². The molecule has 2 aromatic rings. The van der Waals surface area contributed by atoms with Crippen molar-refractivity contribution in [2.24, 2.45) is 0 Å². The van der Waals surface area contributed by atoms with Gasteiger partial charge >= 0.3 is 0 Å². The van der Waals surface area contributed by atoms with Crippen molar-refractivity contribution >= 4 is 17.4 Å². The van der Waals surface area contributed by atoms with Crippen LogP contribution in [-0.2, 0) is 0 Å². The van der Waals surface area contributed by atoms with E-state index in [0.717, 1.165) is 0 Å². The van der Waals surface area contributed by atoms with Gasteiger partial charge in [-0.05, 0) is 6.07 Å². The minimum absolute atomic E-state index is 0.110. The number of alkyl halides is 2. The minimum Gasteiger partial charge on any atom is -0.382 e. The molecule has 0 saturated heterocycles. The molecule has 0 aliphatic rings. The van der Waals surface area contributed by atoms with Gasteiger partial charge in [0.2, 0.25) is 0 Å². The first kappa shape index (κ1) is 10.9. The SMILES string of the molecule is Nc1cc(-c2ccc(C(F)F)cc2Cl)[nH]n1. The van der Waals surface area contributed by atoms with Crippen molar-refractivity contribution in [1.82, 2.24) is 10.2 Å². The third-order valence-corrected chi connectivity index (χ3v) is 2.45. The Bertz CT molecular complexity index is 511. The van der Waals surface area contributed by atoms with Gasteiger partial charge in [-0.25, -0.2) is 8.78 Å². The maximum absolute atomic E-state index is 12.4. The zero-order valence-electron chi connectivity index (χ0n) is 8.05. The Balaban J connectivity index is 2.44. The van der Waals surface area contributed by atoms with E-state index in [9.17, 15) is 8.78 Å². The number of hydrogen-bond acceptors (Lipinski definition) is 2. The lowest BCUT2D eigenvalue weighted by atomic mass is 10.1. The number of nitrogens with one attached hydrogen (secondary N) is 1. The maximum atomic E-state index is 12.4. The van der Waals surface area contributed by atoms with Gasteiger partial charge in [-0.1, -0.05) is 23.7 Å². The molecule has 1 aromatic carbocycles. The van der Waals surface area contributed by atoms with Gasteiger partial charge < -0.3 is 5.73 Å². The number of aromatic nitrogens is 2. The first-order valence-corrected chi connectivity index (χ1v) is 4.84. The van der Waals surface area contributed by atoms with Crippen LogP contribution < -0.4 is 5.73 Å². The summed E-state index contributed by atoms with van der Waals surface area (Å²) in [5, 5.41) is 6.64. The quantitative estimate of drug-likeness (QED) is 0.851. The lowest BCUT2D eigenvalue weighted by molar-refractivity contribution is 0.151. The highest BCUT2D eigenvalue weighted by Crippen LogP contribution is 2.31. The number of benzene rings is 1. The highest BCUT2D eigenvalue weighted by molar-refractivity contribution is 6.33. The lowest BCUT2D eigenvalue weighted by Crippen LogP contribution is -1.86. The fourth-order valence-electron chi connectivity index (χ4n) is 1.36. The number of halogens is 3. The van der Waals surface area contributed by atoms with Crippen LogP contribution in [0, 0.1) is 0 Å². The average Bonchev–Trinajstić information content (AvgIpc) is 2.64. The van der Waals surface area contributed by atoms with E-state index < -0.39 is 6.43 Å². The molecule has 0 amide bonds. The zero-order chi connectivity index (χ0) is 11.7. The van der Waals surface area contributed by atoms with Crippen LogP contribution in [0.4, 0.5) is 14.6 Å². The van der Waals surface area contributed by atoms with E-state index in [-0.39, 0.29) is 10.6 Å². The van der Waals surface area contributed by atoms with Crippen molar-refractivity contribution in [3.8, 4) is 11.3 Å². The summed E-state index contributed by atoms with van der Waals surface area (Å²) in [6.45, 7) is 0. The summed E-state index contributed by atoms with van der Waals surface area (Å²) in [4.78, 5) is 0. The molecule has 0 spiro atoms. The molecule has 2 rings (SSSR count). The molecule has 3 nitrogen and oxygen atoms in total. The molecule has 0 atom stereocenters. The normalized spacial score (nSPS) is 11.0. The van der Waals surface area contributed by atoms with E-state index in [1.54, 1.807) is 6.07 Å². The average molecular weight is 244 g/mol. The summed E-state index contributed by atoms with van der Waals surface area (Å²) in [5.41, 5.74) is 6.52. The van der Waals surface area contributed by atoms with Gasteiger partial charge in [0, 0.05) is 17.2 Å². The van der Waals surface area contributed by atoms with Crippen LogP contribution in [0.2, 0.25) is 5.02 Å². The number of H-pyrrole nitrogens is 1. The molecule has 1 aromatic heterocycles. The van der Waals surface area contributed by atoms with E-state index in [2.05, 4.69) is 10.2 Å². The molecular formula is C10H8ClF2N3. The first-order chi connectivity index (χ1) is 7.58. The number of anilines is 1. The van der Waals surface area contributed by atoms with Crippen LogP contribution in [0.15, 0.2) is 24.3 Å². The van der Waals surface area contributed by atoms with Gasteiger partial charge in [0.1, 0.15) is 5.82 Å². The summed E-state index contributed by atoms with van der Waals surface area (Å²) in [5.74, 6) is 0.323.